The van der Waals surface area contributed by atoms with Crippen LogP contribution >= 0.6 is 0 Å². The summed E-state index contributed by atoms with van der Waals surface area (Å²) in [5.74, 6) is 1.61. The fraction of sp³-hybridized carbons (Fsp3) is 0.273. The summed E-state index contributed by atoms with van der Waals surface area (Å²) in [6, 6.07) is 16.9. The van der Waals surface area contributed by atoms with E-state index in [9.17, 15) is 10.2 Å². The van der Waals surface area contributed by atoms with Crippen LogP contribution in [0.25, 0.3) is 0 Å². The van der Waals surface area contributed by atoms with Crippen molar-refractivity contribution in [1.29, 1.82) is 0 Å². The Morgan fingerprint density at radius 3 is 2.37 bits per heavy atom. The van der Waals surface area contributed by atoms with Gasteiger partial charge in [-0.3, -0.25) is 0 Å². The summed E-state index contributed by atoms with van der Waals surface area (Å²) in [7, 11) is 3.80. The van der Waals surface area contributed by atoms with Gasteiger partial charge in [0.05, 0.1) is 6.61 Å². The Bertz CT molecular complexity index is 920. The van der Waals surface area contributed by atoms with Gasteiger partial charge in [0.1, 0.15) is 24.3 Å². The first-order valence-electron chi connectivity index (χ1n) is 9.65. The maximum absolute atomic E-state index is 9.89. The van der Waals surface area contributed by atoms with Gasteiger partial charge in [0, 0.05) is 29.7 Å². The molecular formula is C22H27N5O3. The summed E-state index contributed by atoms with van der Waals surface area (Å²) in [6.07, 6.45) is 1.04. The molecule has 2 aromatic carbocycles. The smallest absolute Gasteiger partial charge is 0.229 e. The number of aromatic nitrogens is 2. The van der Waals surface area contributed by atoms with Gasteiger partial charge in [-0.1, -0.05) is 18.2 Å². The van der Waals surface area contributed by atoms with Gasteiger partial charge in [-0.05, 0) is 50.5 Å². The normalized spacial score (nSPS) is 11.9. The molecule has 0 radical (unpaired) electrons. The standard InChI is InChI=1S/C22H27N5O3/c1-27(2)13-19(29)15-30-20-10-8-18(9-11-20)25-22-23-12-16(14-28)21(26-22)24-17-6-4-3-5-7-17/h3-12,19,28-29H,13-15H2,1-2H3,(H2,23,24,25,26). The lowest BCUT2D eigenvalue weighted by atomic mass is 10.3. The second kappa shape index (κ2) is 10.5. The van der Waals surface area contributed by atoms with Crippen LogP contribution in [-0.4, -0.2) is 58.4 Å². The molecule has 0 spiro atoms. The molecule has 1 aromatic heterocycles. The first-order chi connectivity index (χ1) is 14.5. The minimum absolute atomic E-state index is 0.166. The molecule has 158 valence electrons. The summed E-state index contributed by atoms with van der Waals surface area (Å²) < 4.78 is 5.62. The number of hydrogen-bond acceptors (Lipinski definition) is 8. The van der Waals surface area contributed by atoms with E-state index in [2.05, 4.69) is 20.6 Å². The monoisotopic (exact) mass is 409 g/mol. The zero-order valence-corrected chi connectivity index (χ0v) is 17.1. The molecular weight excluding hydrogens is 382 g/mol. The molecule has 3 rings (SSSR count). The number of anilines is 4. The molecule has 0 bridgehead atoms. The number of para-hydroxylation sites is 1. The first kappa shape index (κ1) is 21.5. The number of ether oxygens (including phenoxy) is 1. The van der Waals surface area contributed by atoms with Gasteiger partial charge in [0.2, 0.25) is 5.95 Å². The molecule has 4 N–H and O–H groups in total. The number of nitrogens with one attached hydrogen (secondary N) is 2. The van der Waals surface area contributed by atoms with Crippen molar-refractivity contribution in [3.63, 3.8) is 0 Å². The molecule has 8 nitrogen and oxygen atoms in total. The molecule has 3 aromatic rings. The predicted molar refractivity (Wildman–Crippen MR) is 117 cm³/mol. The first-order valence-corrected chi connectivity index (χ1v) is 9.65. The number of benzene rings is 2. The second-order valence-electron chi connectivity index (χ2n) is 7.09. The fourth-order valence-corrected chi connectivity index (χ4v) is 2.78. The molecule has 0 fully saturated rings. The van der Waals surface area contributed by atoms with Crippen LogP contribution in [0, 0.1) is 0 Å². The van der Waals surface area contributed by atoms with Crippen LogP contribution in [0.4, 0.5) is 23.1 Å². The highest BCUT2D eigenvalue weighted by atomic mass is 16.5. The summed E-state index contributed by atoms with van der Waals surface area (Å²) >= 11 is 0. The van der Waals surface area contributed by atoms with Crippen LogP contribution < -0.4 is 15.4 Å². The summed E-state index contributed by atoms with van der Waals surface area (Å²) in [4.78, 5) is 10.7. The van der Waals surface area contributed by atoms with Crippen LogP contribution in [0.15, 0.2) is 60.8 Å². The largest absolute Gasteiger partial charge is 0.491 e. The topological polar surface area (TPSA) is 103 Å². The molecule has 1 atom stereocenters. The van der Waals surface area contributed by atoms with Crippen molar-refractivity contribution in [1.82, 2.24) is 14.9 Å². The lowest BCUT2D eigenvalue weighted by Gasteiger charge is -2.16. The Morgan fingerprint density at radius 1 is 1.00 bits per heavy atom. The molecule has 0 saturated heterocycles. The Kier molecular flexibility index (Phi) is 7.56. The molecule has 8 heteroatoms. The summed E-state index contributed by atoms with van der Waals surface area (Å²) in [6.45, 7) is 0.604. The van der Waals surface area contributed by atoms with Crippen LogP contribution in [0.1, 0.15) is 5.56 Å². The highest BCUT2D eigenvalue weighted by molar-refractivity contribution is 5.62. The van der Waals surface area contributed by atoms with E-state index in [1.165, 1.54) is 0 Å². The molecule has 0 amide bonds. The van der Waals surface area contributed by atoms with E-state index >= 15 is 0 Å². The third-order valence-corrected chi connectivity index (χ3v) is 4.20. The molecule has 0 saturated carbocycles. The number of hydrogen-bond donors (Lipinski definition) is 4. The quantitative estimate of drug-likeness (QED) is 0.405. The van der Waals surface area contributed by atoms with E-state index in [4.69, 9.17) is 4.74 Å². The van der Waals surface area contributed by atoms with Gasteiger partial charge >= 0.3 is 0 Å². The van der Waals surface area contributed by atoms with E-state index in [0.29, 0.717) is 29.6 Å². The SMILES string of the molecule is CN(C)CC(O)COc1ccc(Nc2ncc(CO)c(Nc3ccccc3)n2)cc1. The van der Waals surface area contributed by atoms with Crippen molar-refractivity contribution >= 4 is 23.1 Å². The molecule has 0 aliphatic heterocycles. The lowest BCUT2D eigenvalue weighted by molar-refractivity contribution is 0.0831. The number of likely N-dealkylation sites (N-methyl/N-ethyl adjacent to an activating group) is 1. The van der Waals surface area contributed by atoms with Gasteiger partial charge in [0.15, 0.2) is 0 Å². The minimum Gasteiger partial charge on any atom is -0.491 e. The van der Waals surface area contributed by atoms with Crippen molar-refractivity contribution in [2.75, 3.05) is 37.9 Å². The lowest BCUT2D eigenvalue weighted by Crippen LogP contribution is -2.30. The van der Waals surface area contributed by atoms with Crippen molar-refractivity contribution < 1.29 is 14.9 Å². The highest BCUT2D eigenvalue weighted by Crippen LogP contribution is 2.22. The highest BCUT2D eigenvalue weighted by Gasteiger charge is 2.09. The van der Waals surface area contributed by atoms with Gasteiger partial charge in [0.25, 0.3) is 0 Å². The van der Waals surface area contributed by atoms with Crippen LogP contribution in [-0.2, 0) is 6.61 Å². The van der Waals surface area contributed by atoms with E-state index in [1.54, 1.807) is 6.20 Å². The van der Waals surface area contributed by atoms with E-state index in [-0.39, 0.29) is 13.2 Å². The average Bonchev–Trinajstić information content (AvgIpc) is 2.74. The zero-order chi connectivity index (χ0) is 21.3. The Morgan fingerprint density at radius 2 is 1.70 bits per heavy atom. The Balaban J connectivity index is 1.63. The van der Waals surface area contributed by atoms with Crippen molar-refractivity contribution in [3.05, 3.63) is 66.4 Å². The minimum atomic E-state index is -0.549. The molecule has 1 heterocycles. The number of aliphatic hydroxyl groups excluding tert-OH is 2. The van der Waals surface area contributed by atoms with Crippen molar-refractivity contribution in [2.24, 2.45) is 0 Å². The summed E-state index contributed by atoms with van der Waals surface area (Å²) in [5.41, 5.74) is 2.26. The molecule has 0 aliphatic carbocycles. The van der Waals surface area contributed by atoms with Crippen LogP contribution in [0.2, 0.25) is 0 Å². The van der Waals surface area contributed by atoms with Crippen LogP contribution in [0.5, 0.6) is 5.75 Å². The van der Waals surface area contributed by atoms with E-state index < -0.39 is 6.10 Å². The van der Waals surface area contributed by atoms with Gasteiger partial charge in [-0.2, -0.15) is 4.98 Å². The fourth-order valence-electron chi connectivity index (χ4n) is 2.78. The number of aliphatic hydroxyl groups is 2. The number of rotatable bonds is 10. The van der Waals surface area contributed by atoms with Gasteiger partial charge in [-0.25, -0.2) is 4.98 Å². The van der Waals surface area contributed by atoms with Gasteiger partial charge < -0.3 is 30.5 Å². The van der Waals surface area contributed by atoms with Crippen LogP contribution in [0.3, 0.4) is 0 Å². The average molecular weight is 409 g/mol. The third-order valence-electron chi connectivity index (χ3n) is 4.20. The zero-order valence-electron chi connectivity index (χ0n) is 17.1. The van der Waals surface area contributed by atoms with E-state index in [0.717, 1.165) is 11.4 Å². The molecule has 30 heavy (non-hydrogen) atoms. The molecule has 0 aliphatic rings. The maximum Gasteiger partial charge on any atom is 0.229 e. The number of nitrogens with zero attached hydrogens (tertiary/aromatic N) is 3. The summed E-state index contributed by atoms with van der Waals surface area (Å²) in [5, 5.41) is 25.8. The van der Waals surface area contributed by atoms with E-state index in [1.807, 2.05) is 73.6 Å². The maximum atomic E-state index is 9.89. The Labute approximate surface area is 176 Å². The van der Waals surface area contributed by atoms with Crippen molar-refractivity contribution in [3.8, 4) is 5.75 Å². The Hall–Kier alpha value is -3.20. The predicted octanol–water partition coefficient (Wildman–Crippen LogP) is 2.76. The third kappa shape index (κ3) is 6.41. The van der Waals surface area contributed by atoms with Gasteiger partial charge in [-0.15, -0.1) is 0 Å². The second-order valence-corrected chi connectivity index (χ2v) is 7.09. The van der Waals surface area contributed by atoms with Crippen molar-refractivity contribution in [2.45, 2.75) is 12.7 Å². The molecule has 1 unspecified atom stereocenters.